The highest BCUT2D eigenvalue weighted by atomic mass is 35.5. The SMILES string of the molecule is CCC(C)c1cc(-c2ccc(Cl)cc2)cc(C(C)CC)c1O. The lowest BCUT2D eigenvalue weighted by Crippen LogP contribution is -2.00. The van der Waals surface area contributed by atoms with Crippen LogP contribution in [0.15, 0.2) is 36.4 Å². The molecule has 0 aliphatic carbocycles. The van der Waals surface area contributed by atoms with Crippen LogP contribution in [0.1, 0.15) is 63.5 Å². The van der Waals surface area contributed by atoms with E-state index in [4.69, 9.17) is 11.6 Å². The number of phenolic OH excluding ortho intramolecular Hbond substituents is 1. The van der Waals surface area contributed by atoms with Crippen molar-refractivity contribution in [2.24, 2.45) is 0 Å². The minimum absolute atomic E-state index is 0.343. The second-order valence-corrected chi connectivity index (χ2v) is 6.57. The van der Waals surface area contributed by atoms with E-state index in [1.54, 1.807) is 0 Å². The fourth-order valence-electron chi connectivity index (χ4n) is 2.68. The van der Waals surface area contributed by atoms with Crippen LogP contribution in [0.3, 0.4) is 0 Å². The maximum atomic E-state index is 10.7. The minimum atomic E-state index is 0.343. The van der Waals surface area contributed by atoms with Crippen molar-refractivity contribution in [3.63, 3.8) is 0 Å². The van der Waals surface area contributed by atoms with Gasteiger partial charge in [-0.25, -0.2) is 0 Å². The molecule has 22 heavy (non-hydrogen) atoms. The summed E-state index contributed by atoms with van der Waals surface area (Å²) in [6.45, 7) is 8.65. The maximum absolute atomic E-state index is 10.7. The highest BCUT2D eigenvalue weighted by molar-refractivity contribution is 6.30. The molecule has 1 nitrogen and oxygen atoms in total. The molecule has 118 valence electrons. The molecule has 2 aromatic rings. The number of benzene rings is 2. The largest absolute Gasteiger partial charge is 0.507 e. The van der Waals surface area contributed by atoms with Crippen LogP contribution in [0.25, 0.3) is 11.1 Å². The van der Waals surface area contributed by atoms with Crippen molar-refractivity contribution in [1.82, 2.24) is 0 Å². The van der Waals surface area contributed by atoms with Gasteiger partial charge in [-0.3, -0.25) is 0 Å². The number of aromatic hydroxyl groups is 1. The van der Waals surface area contributed by atoms with Crippen LogP contribution in [-0.2, 0) is 0 Å². The number of phenols is 1. The van der Waals surface area contributed by atoms with Crippen molar-refractivity contribution >= 4 is 11.6 Å². The molecule has 0 fully saturated rings. The van der Waals surface area contributed by atoms with Crippen LogP contribution in [0.5, 0.6) is 5.75 Å². The van der Waals surface area contributed by atoms with Gasteiger partial charge in [0.05, 0.1) is 0 Å². The summed E-state index contributed by atoms with van der Waals surface area (Å²) in [7, 11) is 0. The van der Waals surface area contributed by atoms with Gasteiger partial charge in [-0.2, -0.15) is 0 Å². The monoisotopic (exact) mass is 316 g/mol. The Kier molecular flexibility index (Phi) is 5.52. The molecular formula is C20H25ClO. The molecule has 2 atom stereocenters. The molecule has 1 N–H and O–H groups in total. The van der Waals surface area contributed by atoms with E-state index in [1.807, 2.05) is 24.3 Å². The van der Waals surface area contributed by atoms with E-state index in [2.05, 4.69) is 39.8 Å². The summed E-state index contributed by atoms with van der Waals surface area (Å²) in [5.41, 5.74) is 4.38. The molecule has 0 saturated carbocycles. The van der Waals surface area contributed by atoms with Crippen LogP contribution in [-0.4, -0.2) is 5.11 Å². The van der Waals surface area contributed by atoms with E-state index in [1.165, 1.54) is 0 Å². The third kappa shape index (κ3) is 3.47. The van der Waals surface area contributed by atoms with Gasteiger partial charge in [0.25, 0.3) is 0 Å². The lowest BCUT2D eigenvalue weighted by atomic mass is 9.87. The molecule has 2 unspecified atom stereocenters. The molecule has 0 amide bonds. The predicted molar refractivity (Wildman–Crippen MR) is 96.0 cm³/mol. The van der Waals surface area contributed by atoms with E-state index in [0.29, 0.717) is 17.6 Å². The van der Waals surface area contributed by atoms with Crippen molar-refractivity contribution in [2.75, 3.05) is 0 Å². The Hall–Kier alpha value is -1.47. The molecule has 0 saturated heterocycles. The van der Waals surface area contributed by atoms with Gasteiger partial charge in [0.1, 0.15) is 5.75 Å². The number of rotatable bonds is 5. The summed E-state index contributed by atoms with van der Waals surface area (Å²) >= 11 is 5.99. The van der Waals surface area contributed by atoms with E-state index in [0.717, 1.165) is 40.1 Å². The summed E-state index contributed by atoms with van der Waals surface area (Å²) < 4.78 is 0. The highest BCUT2D eigenvalue weighted by Crippen LogP contribution is 2.39. The van der Waals surface area contributed by atoms with Gasteiger partial charge in [-0.05, 0) is 71.2 Å². The molecule has 0 aromatic heterocycles. The van der Waals surface area contributed by atoms with Gasteiger partial charge in [-0.1, -0.05) is 51.4 Å². The first-order chi connectivity index (χ1) is 10.5. The summed E-state index contributed by atoms with van der Waals surface area (Å²) in [5.74, 6) is 1.16. The summed E-state index contributed by atoms with van der Waals surface area (Å²) in [6, 6.07) is 12.1. The van der Waals surface area contributed by atoms with E-state index in [9.17, 15) is 5.11 Å². The molecule has 0 aliphatic heterocycles. The fraction of sp³-hybridized carbons (Fsp3) is 0.400. The van der Waals surface area contributed by atoms with E-state index in [-0.39, 0.29) is 0 Å². The molecule has 0 heterocycles. The zero-order valence-electron chi connectivity index (χ0n) is 13.9. The molecule has 0 aliphatic rings. The standard InChI is InChI=1S/C20H25ClO/c1-5-13(3)18-11-16(15-7-9-17(21)10-8-15)12-19(20(18)22)14(4)6-2/h7-14,22H,5-6H2,1-4H3. The number of hydrogen-bond acceptors (Lipinski definition) is 1. The Bertz CT molecular complexity index is 600. The lowest BCUT2D eigenvalue weighted by Gasteiger charge is -2.20. The number of halogens is 1. The van der Waals surface area contributed by atoms with Gasteiger partial charge in [0, 0.05) is 5.02 Å². The van der Waals surface area contributed by atoms with Crippen LogP contribution < -0.4 is 0 Å². The molecular weight excluding hydrogens is 292 g/mol. The lowest BCUT2D eigenvalue weighted by molar-refractivity contribution is 0.449. The highest BCUT2D eigenvalue weighted by Gasteiger charge is 2.18. The quantitative estimate of drug-likeness (QED) is 0.647. The number of hydrogen-bond donors (Lipinski definition) is 1. The first-order valence-corrected chi connectivity index (χ1v) is 8.48. The zero-order valence-corrected chi connectivity index (χ0v) is 14.6. The normalized spacial score (nSPS) is 13.9. The Labute approximate surface area is 139 Å². The Balaban J connectivity index is 2.61. The minimum Gasteiger partial charge on any atom is -0.507 e. The van der Waals surface area contributed by atoms with Crippen molar-refractivity contribution in [3.05, 3.63) is 52.5 Å². The van der Waals surface area contributed by atoms with Gasteiger partial charge in [-0.15, -0.1) is 0 Å². The Morgan fingerprint density at radius 1 is 0.864 bits per heavy atom. The van der Waals surface area contributed by atoms with E-state index >= 15 is 0 Å². The van der Waals surface area contributed by atoms with Crippen LogP contribution in [0.4, 0.5) is 0 Å². The molecule has 2 aromatic carbocycles. The Morgan fingerprint density at radius 3 is 1.73 bits per heavy atom. The predicted octanol–water partition coefficient (Wildman–Crippen LogP) is 6.74. The van der Waals surface area contributed by atoms with Crippen molar-refractivity contribution in [2.45, 2.75) is 52.4 Å². The maximum Gasteiger partial charge on any atom is 0.122 e. The molecule has 0 spiro atoms. The summed E-state index contributed by atoms with van der Waals surface area (Å²) in [4.78, 5) is 0. The van der Waals surface area contributed by atoms with Crippen LogP contribution >= 0.6 is 11.6 Å². The third-order valence-electron chi connectivity index (χ3n) is 4.63. The first-order valence-electron chi connectivity index (χ1n) is 8.10. The topological polar surface area (TPSA) is 20.2 Å². The van der Waals surface area contributed by atoms with Crippen molar-refractivity contribution in [1.29, 1.82) is 0 Å². The first kappa shape index (κ1) is 16.9. The van der Waals surface area contributed by atoms with Crippen LogP contribution in [0, 0.1) is 0 Å². The smallest absolute Gasteiger partial charge is 0.122 e. The second kappa shape index (κ2) is 7.19. The van der Waals surface area contributed by atoms with Crippen LogP contribution in [0.2, 0.25) is 5.02 Å². The molecule has 2 rings (SSSR count). The van der Waals surface area contributed by atoms with Gasteiger partial charge >= 0.3 is 0 Å². The van der Waals surface area contributed by atoms with Gasteiger partial charge in [0.2, 0.25) is 0 Å². The zero-order chi connectivity index (χ0) is 16.3. The average Bonchev–Trinajstić information content (AvgIpc) is 2.54. The average molecular weight is 317 g/mol. The third-order valence-corrected chi connectivity index (χ3v) is 4.88. The van der Waals surface area contributed by atoms with Gasteiger partial charge in [0.15, 0.2) is 0 Å². The fourth-order valence-corrected chi connectivity index (χ4v) is 2.81. The molecule has 0 bridgehead atoms. The van der Waals surface area contributed by atoms with E-state index < -0.39 is 0 Å². The Morgan fingerprint density at radius 2 is 1.32 bits per heavy atom. The summed E-state index contributed by atoms with van der Waals surface area (Å²) in [5, 5.41) is 11.4. The second-order valence-electron chi connectivity index (χ2n) is 6.13. The van der Waals surface area contributed by atoms with Crippen molar-refractivity contribution in [3.8, 4) is 16.9 Å². The van der Waals surface area contributed by atoms with Crippen molar-refractivity contribution < 1.29 is 5.11 Å². The molecule has 0 radical (unpaired) electrons. The van der Waals surface area contributed by atoms with Gasteiger partial charge < -0.3 is 5.11 Å². The molecule has 2 heteroatoms. The summed E-state index contributed by atoms with van der Waals surface area (Å²) in [6.07, 6.45) is 2.02.